The average Bonchev–Trinajstić information content (AvgIpc) is 2.99. The van der Waals surface area contributed by atoms with Crippen molar-refractivity contribution in [3.63, 3.8) is 0 Å². The lowest BCUT2D eigenvalue weighted by Crippen LogP contribution is -2.26. The molecule has 1 atom stereocenters. The van der Waals surface area contributed by atoms with E-state index in [9.17, 15) is 0 Å². The molecule has 96 valence electrons. The van der Waals surface area contributed by atoms with E-state index in [1.807, 2.05) is 11.3 Å². The third kappa shape index (κ3) is 5.11. The van der Waals surface area contributed by atoms with E-state index < -0.39 is 0 Å². The Hall–Kier alpha value is 0.140. The number of rotatable bonds is 7. The molecule has 0 spiro atoms. The molecule has 1 saturated carbocycles. The van der Waals surface area contributed by atoms with E-state index in [-0.39, 0.29) is 0 Å². The Morgan fingerprint density at radius 2 is 2.18 bits per heavy atom. The van der Waals surface area contributed by atoms with Crippen molar-refractivity contribution >= 4 is 27.3 Å². The maximum Gasteiger partial charge on any atom is 0.0701 e. The fourth-order valence-corrected chi connectivity index (χ4v) is 3.87. The molecule has 0 saturated heterocycles. The number of nitrogens with one attached hydrogen (secondary N) is 1. The van der Waals surface area contributed by atoms with Gasteiger partial charge in [0.05, 0.1) is 3.79 Å². The smallest absolute Gasteiger partial charge is 0.0701 e. The van der Waals surface area contributed by atoms with Crippen molar-refractivity contribution in [3.05, 3.63) is 20.8 Å². The van der Waals surface area contributed by atoms with Crippen LogP contribution in [0.1, 0.15) is 38.0 Å². The summed E-state index contributed by atoms with van der Waals surface area (Å²) in [6, 6.07) is 5.26. The van der Waals surface area contributed by atoms with Gasteiger partial charge in [-0.15, -0.1) is 11.3 Å². The van der Waals surface area contributed by atoms with Crippen LogP contribution in [0.15, 0.2) is 15.9 Å². The van der Waals surface area contributed by atoms with Crippen molar-refractivity contribution in [1.29, 1.82) is 0 Å². The number of hydrogen-bond acceptors (Lipinski definition) is 2. The Labute approximate surface area is 117 Å². The minimum atomic E-state index is 0.793. The standard InChI is InChI=1S/C14H22BrNS/c1-10(2)7-11(9-16-12-3-4-12)8-13-5-6-14(15)17-13/h5-6,10-12,16H,3-4,7-9H2,1-2H3. The summed E-state index contributed by atoms with van der Waals surface area (Å²) in [5.41, 5.74) is 0. The van der Waals surface area contributed by atoms with Crippen LogP contribution in [0.2, 0.25) is 0 Å². The summed E-state index contributed by atoms with van der Waals surface area (Å²) in [6.07, 6.45) is 5.33. The predicted molar refractivity (Wildman–Crippen MR) is 79.7 cm³/mol. The van der Waals surface area contributed by atoms with Crippen LogP contribution in [0.3, 0.4) is 0 Å². The molecule has 0 amide bonds. The first-order valence-electron chi connectivity index (χ1n) is 6.61. The quantitative estimate of drug-likeness (QED) is 0.783. The predicted octanol–water partition coefficient (Wildman–Crippen LogP) is 4.47. The van der Waals surface area contributed by atoms with Crippen molar-refractivity contribution in [3.8, 4) is 0 Å². The van der Waals surface area contributed by atoms with Gasteiger partial charge >= 0.3 is 0 Å². The van der Waals surface area contributed by atoms with Gasteiger partial charge in [0.2, 0.25) is 0 Å². The zero-order valence-corrected chi connectivity index (χ0v) is 13.1. The number of hydrogen-bond donors (Lipinski definition) is 1. The van der Waals surface area contributed by atoms with Gasteiger partial charge < -0.3 is 5.32 Å². The van der Waals surface area contributed by atoms with E-state index in [1.54, 1.807) is 0 Å². The third-order valence-electron chi connectivity index (χ3n) is 3.20. The van der Waals surface area contributed by atoms with E-state index in [0.29, 0.717) is 0 Å². The van der Waals surface area contributed by atoms with E-state index in [1.165, 1.54) is 40.9 Å². The van der Waals surface area contributed by atoms with E-state index in [4.69, 9.17) is 0 Å². The first-order valence-corrected chi connectivity index (χ1v) is 8.22. The molecule has 1 aromatic heterocycles. The monoisotopic (exact) mass is 315 g/mol. The topological polar surface area (TPSA) is 12.0 Å². The van der Waals surface area contributed by atoms with Gasteiger partial charge in [0.1, 0.15) is 0 Å². The lowest BCUT2D eigenvalue weighted by Gasteiger charge is -2.19. The summed E-state index contributed by atoms with van der Waals surface area (Å²) in [5, 5.41) is 3.68. The Bertz CT molecular complexity index is 344. The van der Waals surface area contributed by atoms with E-state index in [0.717, 1.165) is 17.9 Å². The fourth-order valence-electron chi connectivity index (χ4n) is 2.27. The van der Waals surface area contributed by atoms with Gasteiger partial charge in [0, 0.05) is 10.9 Å². The highest BCUT2D eigenvalue weighted by atomic mass is 79.9. The van der Waals surface area contributed by atoms with Crippen molar-refractivity contribution in [2.45, 2.75) is 45.6 Å². The zero-order chi connectivity index (χ0) is 12.3. The van der Waals surface area contributed by atoms with Crippen LogP contribution in [0.4, 0.5) is 0 Å². The summed E-state index contributed by atoms with van der Waals surface area (Å²) in [7, 11) is 0. The highest BCUT2D eigenvalue weighted by Gasteiger charge is 2.22. The van der Waals surface area contributed by atoms with Crippen molar-refractivity contribution in [1.82, 2.24) is 5.32 Å². The molecule has 2 rings (SSSR count). The Morgan fingerprint density at radius 1 is 1.41 bits per heavy atom. The second kappa shape index (κ2) is 6.35. The average molecular weight is 316 g/mol. The van der Waals surface area contributed by atoms with Crippen molar-refractivity contribution < 1.29 is 0 Å². The second-order valence-electron chi connectivity index (χ2n) is 5.59. The lowest BCUT2D eigenvalue weighted by molar-refractivity contribution is 0.386. The van der Waals surface area contributed by atoms with E-state index in [2.05, 4.69) is 47.2 Å². The number of thiophene rings is 1. The van der Waals surface area contributed by atoms with Crippen LogP contribution < -0.4 is 5.32 Å². The van der Waals surface area contributed by atoms with Crippen LogP contribution in [0.25, 0.3) is 0 Å². The molecule has 1 aromatic rings. The molecule has 1 heterocycles. The molecule has 1 aliphatic rings. The minimum Gasteiger partial charge on any atom is -0.314 e. The molecule has 0 radical (unpaired) electrons. The van der Waals surface area contributed by atoms with Gasteiger partial charge in [0.15, 0.2) is 0 Å². The highest BCUT2D eigenvalue weighted by molar-refractivity contribution is 9.11. The van der Waals surface area contributed by atoms with Crippen LogP contribution in [-0.4, -0.2) is 12.6 Å². The molecule has 3 heteroatoms. The Kier molecular flexibility index (Phi) is 5.07. The molecular weight excluding hydrogens is 294 g/mol. The lowest BCUT2D eigenvalue weighted by atomic mass is 9.93. The molecule has 1 fully saturated rings. The van der Waals surface area contributed by atoms with Gasteiger partial charge in [-0.25, -0.2) is 0 Å². The summed E-state index contributed by atoms with van der Waals surface area (Å²) in [5.74, 6) is 1.59. The van der Waals surface area contributed by atoms with Crippen molar-refractivity contribution in [2.24, 2.45) is 11.8 Å². The minimum absolute atomic E-state index is 0.793. The number of halogens is 1. The molecule has 1 aliphatic carbocycles. The third-order valence-corrected chi connectivity index (χ3v) is 4.84. The second-order valence-corrected chi connectivity index (χ2v) is 8.14. The van der Waals surface area contributed by atoms with Crippen LogP contribution in [0, 0.1) is 11.8 Å². The van der Waals surface area contributed by atoms with Gasteiger partial charge in [-0.1, -0.05) is 13.8 Å². The Balaban J connectivity index is 1.84. The molecule has 0 bridgehead atoms. The largest absolute Gasteiger partial charge is 0.314 e. The SMILES string of the molecule is CC(C)CC(CNC1CC1)Cc1ccc(Br)s1. The first kappa shape index (κ1) is 13.6. The first-order chi connectivity index (χ1) is 8.13. The highest BCUT2D eigenvalue weighted by Crippen LogP contribution is 2.27. The molecule has 1 unspecified atom stereocenters. The summed E-state index contributed by atoms with van der Waals surface area (Å²) >= 11 is 5.43. The summed E-state index contributed by atoms with van der Waals surface area (Å²) in [6.45, 7) is 5.85. The van der Waals surface area contributed by atoms with Crippen molar-refractivity contribution in [2.75, 3.05) is 6.54 Å². The normalized spacial score (nSPS) is 17.6. The summed E-state index contributed by atoms with van der Waals surface area (Å²) in [4.78, 5) is 1.51. The van der Waals surface area contributed by atoms with Crippen LogP contribution in [-0.2, 0) is 6.42 Å². The maximum atomic E-state index is 3.68. The van der Waals surface area contributed by atoms with E-state index >= 15 is 0 Å². The zero-order valence-electron chi connectivity index (χ0n) is 10.7. The molecule has 17 heavy (non-hydrogen) atoms. The van der Waals surface area contributed by atoms with Gasteiger partial charge in [-0.2, -0.15) is 0 Å². The maximum absolute atomic E-state index is 3.68. The molecular formula is C14H22BrNS. The van der Waals surface area contributed by atoms with Crippen LogP contribution >= 0.6 is 27.3 Å². The molecule has 0 aromatic carbocycles. The van der Waals surface area contributed by atoms with Gasteiger partial charge in [-0.3, -0.25) is 0 Å². The Morgan fingerprint density at radius 3 is 2.71 bits per heavy atom. The molecule has 1 nitrogen and oxygen atoms in total. The van der Waals surface area contributed by atoms with Gasteiger partial charge in [-0.05, 0) is 72.1 Å². The fraction of sp³-hybridized carbons (Fsp3) is 0.714. The van der Waals surface area contributed by atoms with Gasteiger partial charge in [0.25, 0.3) is 0 Å². The summed E-state index contributed by atoms with van der Waals surface area (Å²) < 4.78 is 1.26. The molecule has 1 N–H and O–H groups in total. The van der Waals surface area contributed by atoms with Crippen LogP contribution in [0.5, 0.6) is 0 Å². The molecule has 0 aliphatic heterocycles.